The molecule has 0 saturated carbocycles. The molecular weight excluding hydrogens is 380 g/mol. The van der Waals surface area contributed by atoms with Gasteiger partial charge in [-0.1, -0.05) is 15.9 Å². The molecule has 1 amide bonds. The van der Waals surface area contributed by atoms with Gasteiger partial charge in [0.2, 0.25) is 5.91 Å². The fraction of sp³-hybridized carbons (Fsp3) is 0.375. The van der Waals surface area contributed by atoms with E-state index in [4.69, 9.17) is 0 Å². The topological polar surface area (TPSA) is 59.0 Å². The lowest BCUT2D eigenvalue weighted by molar-refractivity contribution is -0.119. The minimum Gasteiger partial charge on any atom is -0.326 e. The highest BCUT2D eigenvalue weighted by Crippen LogP contribution is 2.29. The summed E-state index contributed by atoms with van der Waals surface area (Å²) in [6, 6.07) is 5.87. The zero-order valence-corrected chi connectivity index (χ0v) is 15.4. The molecule has 1 aliphatic heterocycles. The van der Waals surface area contributed by atoms with Crippen LogP contribution in [0, 0.1) is 12.8 Å². The van der Waals surface area contributed by atoms with Crippen molar-refractivity contribution in [1.29, 1.82) is 0 Å². The average molecular weight is 400 g/mol. The lowest BCUT2D eigenvalue weighted by Crippen LogP contribution is -2.28. The fourth-order valence-corrected chi connectivity index (χ4v) is 3.40. The Balaban J connectivity index is 0.00000192. The van der Waals surface area contributed by atoms with Crippen LogP contribution in [0.3, 0.4) is 0 Å². The molecule has 2 atom stereocenters. The highest BCUT2D eigenvalue weighted by molar-refractivity contribution is 9.10. The van der Waals surface area contributed by atoms with Crippen LogP contribution in [0.2, 0.25) is 0 Å². The van der Waals surface area contributed by atoms with Crippen molar-refractivity contribution >= 4 is 39.9 Å². The Morgan fingerprint density at radius 1 is 1.43 bits per heavy atom. The SMILES string of the molecule is Cc1cc(Br)ccc1NC(=O)[C@H]1CNC[C@@H]1c1cnn(C)c1.Cl. The lowest BCUT2D eigenvalue weighted by Gasteiger charge is -2.18. The molecule has 5 nitrogen and oxygen atoms in total. The van der Waals surface area contributed by atoms with Crippen molar-refractivity contribution in [3.8, 4) is 0 Å². The molecule has 0 unspecified atom stereocenters. The van der Waals surface area contributed by atoms with Gasteiger partial charge in [0.15, 0.2) is 0 Å². The Morgan fingerprint density at radius 3 is 2.87 bits per heavy atom. The van der Waals surface area contributed by atoms with Crippen LogP contribution in [0.5, 0.6) is 0 Å². The highest BCUT2D eigenvalue weighted by Gasteiger charge is 2.34. The first-order valence-electron chi connectivity index (χ1n) is 7.31. The number of carbonyl (C=O) groups is 1. The van der Waals surface area contributed by atoms with E-state index in [1.165, 1.54) is 0 Å². The predicted molar refractivity (Wildman–Crippen MR) is 97.1 cm³/mol. The van der Waals surface area contributed by atoms with Crippen LogP contribution < -0.4 is 10.6 Å². The zero-order chi connectivity index (χ0) is 15.7. The first kappa shape index (κ1) is 18.0. The quantitative estimate of drug-likeness (QED) is 0.834. The van der Waals surface area contributed by atoms with Crippen molar-refractivity contribution < 1.29 is 4.79 Å². The summed E-state index contributed by atoms with van der Waals surface area (Å²) >= 11 is 3.44. The van der Waals surface area contributed by atoms with E-state index < -0.39 is 0 Å². The molecule has 2 aromatic rings. The Morgan fingerprint density at radius 2 is 2.22 bits per heavy atom. The molecule has 3 rings (SSSR count). The van der Waals surface area contributed by atoms with E-state index in [1.54, 1.807) is 4.68 Å². The van der Waals surface area contributed by atoms with Crippen LogP contribution in [0.1, 0.15) is 17.0 Å². The van der Waals surface area contributed by atoms with Crippen molar-refractivity contribution in [3.63, 3.8) is 0 Å². The molecule has 1 fully saturated rings. The van der Waals surface area contributed by atoms with Gasteiger partial charge in [0.1, 0.15) is 0 Å². The number of hydrogen-bond acceptors (Lipinski definition) is 3. The summed E-state index contributed by atoms with van der Waals surface area (Å²) in [5.74, 6) is 0.154. The molecular formula is C16H20BrClN4O. The van der Waals surface area contributed by atoms with Crippen LogP contribution in [-0.2, 0) is 11.8 Å². The summed E-state index contributed by atoms with van der Waals surface area (Å²) in [5.41, 5.74) is 3.02. The maximum atomic E-state index is 12.7. The number of nitrogens with one attached hydrogen (secondary N) is 2. The molecule has 7 heteroatoms. The number of benzene rings is 1. The summed E-state index contributed by atoms with van der Waals surface area (Å²) in [5, 5.41) is 10.6. The number of halogens is 2. The molecule has 2 N–H and O–H groups in total. The zero-order valence-electron chi connectivity index (χ0n) is 13.0. The van der Waals surface area contributed by atoms with Crippen molar-refractivity contribution in [3.05, 3.63) is 46.2 Å². The van der Waals surface area contributed by atoms with Crippen molar-refractivity contribution in [2.24, 2.45) is 13.0 Å². The molecule has 2 heterocycles. The molecule has 0 bridgehead atoms. The summed E-state index contributed by atoms with van der Waals surface area (Å²) < 4.78 is 2.79. The second-order valence-electron chi connectivity index (χ2n) is 5.77. The molecule has 1 aliphatic rings. The molecule has 0 aliphatic carbocycles. The van der Waals surface area contributed by atoms with Crippen molar-refractivity contribution in [1.82, 2.24) is 15.1 Å². The Kier molecular flexibility index (Phi) is 5.84. The maximum Gasteiger partial charge on any atom is 0.229 e. The number of aryl methyl sites for hydroxylation is 2. The number of anilines is 1. The average Bonchev–Trinajstić information content (AvgIpc) is 3.10. The predicted octanol–water partition coefficient (Wildman–Crippen LogP) is 2.85. The smallest absolute Gasteiger partial charge is 0.229 e. The van der Waals surface area contributed by atoms with Gasteiger partial charge >= 0.3 is 0 Å². The van der Waals surface area contributed by atoms with Crippen molar-refractivity contribution in [2.75, 3.05) is 18.4 Å². The number of rotatable bonds is 3. The van der Waals surface area contributed by atoms with Gasteiger partial charge in [-0.05, 0) is 36.2 Å². The second-order valence-corrected chi connectivity index (χ2v) is 6.68. The van der Waals surface area contributed by atoms with Crippen LogP contribution in [-0.4, -0.2) is 28.8 Å². The van der Waals surface area contributed by atoms with Gasteiger partial charge in [0.25, 0.3) is 0 Å². The Bertz CT molecular complexity index is 703. The van der Waals surface area contributed by atoms with E-state index in [1.807, 2.05) is 44.6 Å². The van der Waals surface area contributed by atoms with Gasteiger partial charge in [0, 0.05) is 42.4 Å². The molecule has 1 aromatic carbocycles. The van der Waals surface area contributed by atoms with E-state index in [0.717, 1.165) is 27.8 Å². The minimum absolute atomic E-state index is 0. The van der Waals surface area contributed by atoms with Gasteiger partial charge in [0.05, 0.1) is 12.1 Å². The fourth-order valence-electron chi connectivity index (χ4n) is 2.93. The molecule has 1 saturated heterocycles. The second kappa shape index (κ2) is 7.47. The minimum atomic E-state index is -0.0766. The van der Waals surface area contributed by atoms with Gasteiger partial charge in [-0.25, -0.2) is 0 Å². The van der Waals surface area contributed by atoms with Gasteiger partial charge < -0.3 is 10.6 Å². The summed E-state index contributed by atoms with van der Waals surface area (Å²) in [7, 11) is 1.89. The van der Waals surface area contributed by atoms with Crippen LogP contribution in [0.4, 0.5) is 5.69 Å². The number of carbonyl (C=O) groups excluding carboxylic acids is 1. The van der Waals surface area contributed by atoms with E-state index in [0.29, 0.717) is 6.54 Å². The Labute approximate surface area is 150 Å². The first-order valence-corrected chi connectivity index (χ1v) is 8.10. The Hall–Kier alpha value is -1.37. The molecule has 0 spiro atoms. The largest absolute Gasteiger partial charge is 0.326 e. The van der Waals surface area contributed by atoms with E-state index in [2.05, 4.69) is 31.7 Å². The molecule has 23 heavy (non-hydrogen) atoms. The van der Waals surface area contributed by atoms with Crippen molar-refractivity contribution in [2.45, 2.75) is 12.8 Å². The van der Waals surface area contributed by atoms with Crippen LogP contribution in [0.25, 0.3) is 0 Å². The molecule has 1 aromatic heterocycles. The maximum absolute atomic E-state index is 12.7. The molecule has 0 radical (unpaired) electrons. The highest BCUT2D eigenvalue weighted by atomic mass is 79.9. The lowest BCUT2D eigenvalue weighted by atomic mass is 9.90. The van der Waals surface area contributed by atoms with Gasteiger partial charge in [-0.2, -0.15) is 5.10 Å². The standard InChI is InChI=1S/C16H19BrN4O.ClH/c1-10-5-12(17)3-4-15(10)20-16(22)14-8-18-7-13(14)11-6-19-21(2)9-11;/h3-6,9,13-14,18H,7-8H2,1-2H3,(H,20,22);1H/t13-,14+;/m1./s1. The number of hydrogen-bond donors (Lipinski definition) is 2. The third-order valence-electron chi connectivity index (χ3n) is 4.15. The molecule has 124 valence electrons. The van der Waals surface area contributed by atoms with Crippen LogP contribution >= 0.6 is 28.3 Å². The first-order chi connectivity index (χ1) is 10.5. The van der Waals surface area contributed by atoms with E-state index in [-0.39, 0.29) is 30.2 Å². The van der Waals surface area contributed by atoms with Crippen LogP contribution in [0.15, 0.2) is 35.1 Å². The summed E-state index contributed by atoms with van der Waals surface area (Å²) in [6.45, 7) is 3.50. The normalized spacial score (nSPS) is 20.1. The number of amides is 1. The number of aromatic nitrogens is 2. The summed E-state index contributed by atoms with van der Waals surface area (Å²) in [4.78, 5) is 12.7. The third kappa shape index (κ3) is 3.94. The van der Waals surface area contributed by atoms with E-state index in [9.17, 15) is 4.79 Å². The summed E-state index contributed by atoms with van der Waals surface area (Å²) in [6.07, 6.45) is 3.84. The monoisotopic (exact) mass is 398 g/mol. The third-order valence-corrected chi connectivity index (χ3v) is 4.64. The van der Waals surface area contributed by atoms with E-state index >= 15 is 0 Å². The van der Waals surface area contributed by atoms with Gasteiger partial charge in [-0.15, -0.1) is 12.4 Å². The van der Waals surface area contributed by atoms with Gasteiger partial charge in [-0.3, -0.25) is 9.48 Å². The number of nitrogens with zero attached hydrogens (tertiary/aromatic N) is 2.